The first kappa shape index (κ1) is 18.6. The van der Waals surface area contributed by atoms with E-state index >= 15 is 0 Å². The van der Waals surface area contributed by atoms with E-state index in [2.05, 4.69) is 24.1 Å². The van der Waals surface area contributed by atoms with E-state index in [9.17, 15) is 0 Å². The van der Waals surface area contributed by atoms with E-state index in [4.69, 9.17) is 9.97 Å². The second-order valence-electron chi connectivity index (χ2n) is 7.64. The summed E-state index contributed by atoms with van der Waals surface area (Å²) in [6, 6.07) is 0. The van der Waals surface area contributed by atoms with Gasteiger partial charge in [-0.05, 0) is 49.7 Å². The zero-order chi connectivity index (χ0) is 18.6. The van der Waals surface area contributed by atoms with Crippen molar-refractivity contribution in [2.75, 3.05) is 11.9 Å². The third-order valence-corrected chi connectivity index (χ3v) is 6.70. The minimum atomic E-state index is 0.979. The Balaban J connectivity index is 1.75. The van der Waals surface area contributed by atoms with Crippen LogP contribution in [0.2, 0.25) is 0 Å². The normalized spacial score (nSPS) is 14.0. The van der Waals surface area contributed by atoms with Gasteiger partial charge in [-0.15, -0.1) is 11.3 Å². The Morgan fingerprint density at radius 2 is 1.85 bits per heavy atom. The highest BCUT2D eigenvalue weighted by molar-refractivity contribution is 7.26. The maximum atomic E-state index is 5.10. The minimum Gasteiger partial charge on any atom is -0.369 e. The molecule has 0 bridgehead atoms. The van der Waals surface area contributed by atoms with E-state index < -0.39 is 0 Å². The number of aromatic nitrogens is 3. The molecule has 4 rings (SSSR count). The van der Waals surface area contributed by atoms with Gasteiger partial charge in [0.25, 0.3) is 0 Å². The van der Waals surface area contributed by atoms with Crippen molar-refractivity contribution in [2.45, 2.75) is 78.1 Å². The zero-order valence-corrected chi connectivity index (χ0v) is 17.4. The lowest BCUT2D eigenvalue weighted by molar-refractivity contribution is 0.675. The second kappa shape index (κ2) is 8.51. The van der Waals surface area contributed by atoms with Gasteiger partial charge in [-0.1, -0.05) is 39.5 Å². The summed E-state index contributed by atoms with van der Waals surface area (Å²) < 4.78 is 1.18. The van der Waals surface area contributed by atoms with Crippen LogP contribution in [0.25, 0.3) is 20.4 Å². The number of fused-ring (bicyclic) bond motifs is 5. The summed E-state index contributed by atoms with van der Waals surface area (Å²) in [4.78, 5) is 15.5. The summed E-state index contributed by atoms with van der Waals surface area (Å²) in [5, 5.41) is 4.87. The molecule has 1 N–H and O–H groups in total. The van der Waals surface area contributed by atoms with Crippen LogP contribution in [0.5, 0.6) is 0 Å². The molecule has 0 saturated carbocycles. The first-order valence-electron chi connectivity index (χ1n) is 10.6. The van der Waals surface area contributed by atoms with Gasteiger partial charge < -0.3 is 5.32 Å². The number of thiophene rings is 1. The van der Waals surface area contributed by atoms with Crippen LogP contribution in [0.1, 0.15) is 75.6 Å². The monoisotopic (exact) mass is 382 g/mol. The minimum absolute atomic E-state index is 0.979. The van der Waals surface area contributed by atoms with Gasteiger partial charge in [0.15, 0.2) is 0 Å². The maximum absolute atomic E-state index is 5.10. The quantitative estimate of drug-likeness (QED) is 0.481. The topological polar surface area (TPSA) is 50.7 Å². The van der Waals surface area contributed by atoms with Crippen LogP contribution in [0.4, 0.5) is 5.82 Å². The predicted octanol–water partition coefficient (Wildman–Crippen LogP) is 6.06. The Morgan fingerprint density at radius 3 is 2.67 bits per heavy atom. The number of hydrogen-bond acceptors (Lipinski definition) is 5. The molecule has 5 heteroatoms. The molecular formula is C22H30N4S. The van der Waals surface area contributed by atoms with Crippen LogP contribution >= 0.6 is 11.3 Å². The molecule has 144 valence electrons. The summed E-state index contributed by atoms with van der Waals surface area (Å²) in [6.45, 7) is 5.48. The van der Waals surface area contributed by atoms with Crippen molar-refractivity contribution in [3.8, 4) is 0 Å². The first-order valence-corrected chi connectivity index (χ1v) is 11.5. The zero-order valence-electron chi connectivity index (χ0n) is 16.6. The van der Waals surface area contributed by atoms with Crippen LogP contribution in [-0.4, -0.2) is 21.5 Å². The molecule has 1 aliphatic rings. The Kier molecular flexibility index (Phi) is 5.86. The molecule has 0 aliphatic heterocycles. The fourth-order valence-corrected chi connectivity index (χ4v) is 5.41. The smallest absolute Gasteiger partial charge is 0.147 e. The van der Waals surface area contributed by atoms with E-state index in [-0.39, 0.29) is 0 Å². The average molecular weight is 383 g/mol. The molecule has 0 spiro atoms. The van der Waals surface area contributed by atoms with E-state index in [1.165, 1.54) is 78.3 Å². The van der Waals surface area contributed by atoms with Gasteiger partial charge >= 0.3 is 0 Å². The molecule has 0 atom stereocenters. The van der Waals surface area contributed by atoms with Crippen molar-refractivity contribution in [1.29, 1.82) is 0 Å². The highest BCUT2D eigenvalue weighted by Gasteiger charge is 2.22. The van der Waals surface area contributed by atoms with Gasteiger partial charge in [0.2, 0.25) is 0 Å². The number of unbranched alkanes of at least 4 members (excludes halogenated alkanes) is 3. The van der Waals surface area contributed by atoms with Crippen molar-refractivity contribution < 1.29 is 0 Å². The molecular weight excluding hydrogens is 352 g/mol. The summed E-state index contributed by atoms with van der Waals surface area (Å²) in [7, 11) is 0. The van der Waals surface area contributed by atoms with Crippen molar-refractivity contribution in [3.63, 3.8) is 0 Å². The molecule has 0 saturated heterocycles. The van der Waals surface area contributed by atoms with Crippen molar-refractivity contribution in [3.05, 3.63) is 23.1 Å². The van der Waals surface area contributed by atoms with Crippen LogP contribution in [0.3, 0.4) is 0 Å². The van der Waals surface area contributed by atoms with Gasteiger partial charge in [0.1, 0.15) is 17.0 Å². The summed E-state index contributed by atoms with van der Waals surface area (Å²) in [5.41, 5.74) is 5.47. The summed E-state index contributed by atoms with van der Waals surface area (Å²) in [5.74, 6) is 0.987. The van der Waals surface area contributed by atoms with Crippen molar-refractivity contribution >= 4 is 37.6 Å². The van der Waals surface area contributed by atoms with Gasteiger partial charge in [-0.25, -0.2) is 15.0 Å². The van der Waals surface area contributed by atoms with Crippen LogP contribution in [0.15, 0.2) is 6.33 Å². The fraction of sp³-hybridized carbons (Fsp3) is 0.591. The van der Waals surface area contributed by atoms with E-state index in [0.29, 0.717) is 0 Å². The van der Waals surface area contributed by atoms with Gasteiger partial charge in [0.05, 0.1) is 10.2 Å². The molecule has 3 aromatic rings. The lowest BCUT2D eigenvalue weighted by atomic mass is 9.88. The Bertz CT molecular complexity index is 931. The average Bonchev–Trinajstić information content (AvgIpc) is 3.07. The fourth-order valence-electron chi connectivity index (χ4n) is 4.27. The molecule has 1 aliphatic carbocycles. The lowest BCUT2D eigenvalue weighted by Gasteiger charge is -2.19. The number of hydrogen-bond donors (Lipinski definition) is 1. The van der Waals surface area contributed by atoms with Gasteiger partial charge in [-0.2, -0.15) is 0 Å². The molecule has 0 unspecified atom stereocenters. The number of nitrogens with zero attached hydrogens (tertiary/aromatic N) is 3. The first-order chi connectivity index (χ1) is 13.3. The number of aryl methyl sites for hydroxylation is 2. The van der Waals surface area contributed by atoms with Gasteiger partial charge in [-0.3, -0.25) is 0 Å². The Labute approximate surface area is 165 Å². The highest BCUT2D eigenvalue weighted by Crippen LogP contribution is 2.40. The van der Waals surface area contributed by atoms with Crippen LogP contribution in [0, 0.1) is 0 Å². The standard InChI is InChI=1S/C22H30N4S/c1-3-5-6-9-13-23-21-20-19(24-14-25-21)18-16-12-8-7-11-15(16)17(10-4-2)26-22(18)27-20/h14H,3-13H2,1-2H3,(H,23,24,25). The van der Waals surface area contributed by atoms with E-state index in [1.807, 2.05) is 0 Å². The molecule has 0 aromatic carbocycles. The maximum Gasteiger partial charge on any atom is 0.147 e. The molecule has 0 fully saturated rings. The molecule has 0 amide bonds. The summed E-state index contributed by atoms with van der Waals surface area (Å²) >= 11 is 1.77. The Hall–Kier alpha value is -1.75. The number of rotatable bonds is 8. The van der Waals surface area contributed by atoms with Crippen molar-refractivity contribution in [1.82, 2.24) is 15.0 Å². The molecule has 27 heavy (non-hydrogen) atoms. The number of anilines is 1. The second-order valence-corrected chi connectivity index (χ2v) is 8.64. The van der Waals surface area contributed by atoms with Crippen molar-refractivity contribution in [2.24, 2.45) is 0 Å². The van der Waals surface area contributed by atoms with E-state index in [0.717, 1.165) is 35.6 Å². The lowest BCUT2D eigenvalue weighted by Crippen LogP contribution is -2.09. The number of pyridine rings is 1. The third-order valence-electron chi connectivity index (χ3n) is 5.62. The molecule has 3 heterocycles. The third kappa shape index (κ3) is 3.66. The van der Waals surface area contributed by atoms with E-state index in [1.54, 1.807) is 17.7 Å². The summed E-state index contributed by atoms with van der Waals surface area (Å²) in [6.07, 6.45) is 13.9. The molecule has 0 radical (unpaired) electrons. The highest BCUT2D eigenvalue weighted by atomic mass is 32.1. The van der Waals surface area contributed by atoms with Crippen LogP contribution in [-0.2, 0) is 19.3 Å². The van der Waals surface area contributed by atoms with Crippen LogP contribution < -0.4 is 5.32 Å². The van der Waals surface area contributed by atoms with Gasteiger partial charge in [0, 0.05) is 17.6 Å². The largest absolute Gasteiger partial charge is 0.369 e. The number of nitrogens with one attached hydrogen (secondary N) is 1. The SMILES string of the molecule is CCCCCCNc1ncnc2c1sc1nc(CCC)c3c(c12)CCCC3. The Morgan fingerprint density at radius 1 is 1.00 bits per heavy atom. The molecule has 3 aromatic heterocycles. The molecule has 4 nitrogen and oxygen atoms in total. The predicted molar refractivity (Wildman–Crippen MR) is 116 cm³/mol.